The molecule has 0 aliphatic heterocycles. The molecular weight excluding hydrogens is 229 g/mol. The molecular formula is C14H16FN3. The van der Waals surface area contributed by atoms with E-state index in [1.54, 1.807) is 12.3 Å². The third kappa shape index (κ3) is 2.84. The number of anilines is 1. The van der Waals surface area contributed by atoms with Gasteiger partial charge in [0.15, 0.2) is 0 Å². The van der Waals surface area contributed by atoms with Crippen LogP contribution in [0.5, 0.6) is 0 Å². The third-order valence-electron chi connectivity index (χ3n) is 2.81. The van der Waals surface area contributed by atoms with E-state index in [1.165, 1.54) is 6.07 Å². The van der Waals surface area contributed by atoms with Crippen LogP contribution in [0.15, 0.2) is 36.5 Å². The highest BCUT2D eigenvalue weighted by Gasteiger charge is 2.04. The zero-order valence-electron chi connectivity index (χ0n) is 10.3. The van der Waals surface area contributed by atoms with Crippen molar-refractivity contribution in [2.45, 2.75) is 20.0 Å². The lowest BCUT2D eigenvalue weighted by molar-refractivity contribution is 0.610. The van der Waals surface area contributed by atoms with Crippen LogP contribution >= 0.6 is 0 Å². The molecule has 4 heteroatoms. The highest BCUT2D eigenvalue weighted by atomic mass is 19.1. The summed E-state index contributed by atoms with van der Waals surface area (Å²) in [7, 11) is 0. The maximum absolute atomic E-state index is 13.7. The van der Waals surface area contributed by atoms with E-state index in [9.17, 15) is 4.39 Å². The second-order valence-corrected chi connectivity index (χ2v) is 4.15. The summed E-state index contributed by atoms with van der Waals surface area (Å²) >= 11 is 0. The molecule has 0 saturated heterocycles. The summed E-state index contributed by atoms with van der Waals surface area (Å²) in [6, 6.07) is 8.90. The number of nitrogens with zero attached hydrogens (tertiary/aromatic N) is 1. The van der Waals surface area contributed by atoms with Gasteiger partial charge in [-0.15, -0.1) is 0 Å². The summed E-state index contributed by atoms with van der Waals surface area (Å²) in [6.45, 7) is 2.72. The van der Waals surface area contributed by atoms with Gasteiger partial charge in [0.1, 0.15) is 11.6 Å². The fraction of sp³-hybridized carbons (Fsp3) is 0.214. The zero-order chi connectivity index (χ0) is 13.0. The fourth-order valence-corrected chi connectivity index (χ4v) is 1.71. The fourth-order valence-electron chi connectivity index (χ4n) is 1.71. The van der Waals surface area contributed by atoms with Gasteiger partial charge in [0.25, 0.3) is 0 Å². The van der Waals surface area contributed by atoms with Crippen LogP contribution in [0.2, 0.25) is 0 Å². The largest absolute Gasteiger partial charge is 0.366 e. The van der Waals surface area contributed by atoms with E-state index >= 15 is 0 Å². The maximum Gasteiger partial charge on any atom is 0.129 e. The summed E-state index contributed by atoms with van der Waals surface area (Å²) in [4.78, 5) is 4.20. The molecule has 0 saturated carbocycles. The number of hydrogen-bond acceptors (Lipinski definition) is 3. The number of pyridine rings is 1. The molecule has 2 rings (SSSR count). The normalized spacial score (nSPS) is 10.4. The van der Waals surface area contributed by atoms with E-state index in [4.69, 9.17) is 5.73 Å². The number of nitrogens with two attached hydrogens (primary N) is 1. The average molecular weight is 245 g/mol. The van der Waals surface area contributed by atoms with Crippen molar-refractivity contribution in [1.82, 2.24) is 4.98 Å². The Morgan fingerprint density at radius 3 is 2.83 bits per heavy atom. The lowest BCUT2D eigenvalue weighted by atomic mass is 10.1. The van der Waals surface area contributed by atoms with Crippen LogP contribution in [0.1, 0.15) is 16.7 Å². The smallest absolute Gasteiger partial charge is 0.129 e. The highest BCUT2D eigenvalue weighted by Crippen LogP contribution is 2.14. The van der Waals surface area contributed by atoms with Gasteiger partial charge in [-0.2, -0.15) is 0 Å². The van der Waals surface area contributed by atoms with Crippen molar-refractivity contribution in [2.75, 3.05) is 5.32 Å². The third-order valence-corrected chi connectivity index (χ3v) is 2.81. The molecule has 0 radical (unpaired) electrons. The monoisotopic (exact) mass is 245 g/mol. The van der Waals surface area contributed by atoms with Gasteiger partial charge in [-0.3, -0.25) is 0 Å². The first-order valence-corrected chi connectivity index (χ1v) is 5.83. The number of hydrogen-bond donors (Lipinski definition) is 2. The van der Waals surface area contributed by atoms with Crippen molar-refractivity contribution in [3.63, 3.8) is 0 Å². The van der Waals surface area contributed by atoms with Crippen LogP contribution in [-0.4, -0.2) is 4.98 Å². The lowest BCUT2D eigenvalue weighted by Gasteiger charge is -2.09. The predicted molar refractivity (Wildman–Crippen MR) is 70.6 cm³/mol. The topological polar surface area (TPSA) is 50.9 Å². The Hall–Kier alpha value is -1.94. The van der Waals surface area contributed by atoms with Gasteiger partial charge in [-0.25, -0.2) is 9.37 Å². The Labute approximate surface area is 106 Å². The van der Waals surface area contributed by atoms with Crippen molar-refractivity contribution in [2.24, 2.45) is 5.73 Å². The van der Waals surface area contributed by atoms with Crippen LogP contribution < -0.4 is 11.1 Å². The Balaban J connectivity index is 2.09. The van der Waals surface area contributed by atoms with Crippen molar-refractivity contribution in [1.29, 1.82) is 0 Å². The van der Waals surface area contributed by atoms with Crippen molar-refractivity contribution in [3.05, 3.63) is 59.0 Å². The molecule has 0 aliphatic rings. The minimum absolute atomic E-state index is 0.237. The molecule has 18 heavy (non-hydrogen) atoms. The van der Waals surface area contributed by atoms with E-state index in [1.807, 2.05) is 25.1 Å². The molecule has 0 bridgehead atoms. The molecule has 3 nitrogen and oxygen atoms in total. The van der Waals surface area contributed by atoms with Gasteiger partial charge >= 0.3 is 0 Å². The number of aromatic nitrogens is 1. The molecule has 0 aliphatic carbocycles. The van der Waals surface area contributed by atoms with Crippen LogP contribution in [0.25, 0.3) is 0 Å². The quantitative estimate of drug-likeness (QED) is 0.870. The molecule has 2 aromatic rings. The number of benzene rings is 1. The molecule has 0 amide bonds. The van der Waals surface area contributed by atoms with Crippen LogP contribution in [0, 0.1) is 12.7 Å². The van der Waals surface area contributed by atoms with Crippen LogP contribution in [-0.2, 0) is 13.1 Å². The zero-order valence-corrected chi connectivity index (χ0v) is 10.3. The summed E-state index contributed by atoms with van der Waals surface area (Å²) < 4.78 is 13.7. The molecule has 0 fully saturated rings. The molecule has 0 atom stereocenters. The van der Waals surface area contributed by atoms with Gasteiger partial charge in [-0.1, -0.05) is 18.2 Å². The second-order valence-electron chi connectivity index (χ2n) is 4.15. The van der Waals surface area contributed by atoms with Gasteiger partial charge in [-0.05, 0) is 30.2 Å². The summed E-state index contributed by atoms with van der Waals surface area (Å²) in [5.41, 5.74) is 7.90. The van der Waals surface area contributed by atoms with E-state index in [0.717, 1.165) is 16.9 Å². The number of nitrogens with one attached hydrogen (secondary N) is 1. The first-order chi connectivity index (χ1) is 8.70. The van der Waals surface area contributed by atoms with E-state index < -0.39 is 0 Å². The first-order valence-electron chi connectivity index (χ1n) is 5.83. The minimum Gasteiger partial charge on any atom is -0.366 e. The number of aryl methyl sites for hydroxylation is 1. The Morgan fingerprint density at radius 1 is 1.33 bits per heavy atom. The van der Waals surface area contributed by atoms with E-state index in [-0.39, 0.29) is 5.82 Å². The summed E-state index contributed by atoms with van der Waals surface area (Å²) in [6.07, 6.45) is 1.71. The van der Waals surface area contributed by atoms with Crippen molar-refractivity contribution in [3.8, 4) is 0 Å². The Kier molecular flexibility index (Phi) is 3.89. The summed E-state index contributed by atoms with van der Waals surface area (Å²) in [5.74, 6) is 0.541. The van der Waals surface area contributed by atoms with Gasteiger partial charge in [0.05, 0.1) is 0 Å². The van der Waals surface area contributed by atoms with Gasteiger partial charge in [0, 0.05) is 24.8 Å². The molecule has 0 spiro atoms. The second kappa shape index (κ2) is 5.60. The summed E-state index contributed by atoms with van der Waals surface area (Å²) in [5, 5.41) is 3.13. The minimum atomic E-state index is -0.237. The molecule has 3 N–H and O–H groups in total. The van der Waals surface area contributed by atoms with E-state index in [0.29, 0.717) is 18.7 Å². The van der Waals surface area contributed by atoms with Gasteiger partial charge < -0.3 is 11.1 Å². The Morgan fingerprint density at radius 2 is 2.17 bits per heavy atom. The van der Waals surface area contributed by atoms with Crippen LogP contribution in [0.3, 0.4) is 0 Å². The van der Waals surface area contributed by atoms with E-state index in [2.05, 4.69) is 10.3 Å². The predicted octanol–water partition coefficient (Wildman–Crippen LogP) is 2.60. The highest BCUT2D eigenvalue weighted by molar-refractivity contribution is 5.43. The molecule has 94 valence electrons. The first kappa shape index (κ1) is 12.5. The van der Waals surface area contributed by atoms with Crippen LogP contribution in [0.4, 0.5) is 10.2 Å². The standard InChI is InChI=1S/C14H16FN3/c1-10-3-2-6-17-14(10)18-9-12-5-4-11(8-16)7-13(12)15/h2-7H,8-9,16H2,1H3,(H,17,18). The number of rotatable bonds is 4. The SMILES string of the molecule is Cc1cccnc1NCc1ccc(CN)cc1F. The molecule has 1 aromatic heterocycles. The molecule has 1 heterocycles. The molecule has 0 unspecified atom stereocenters. The Bertz CT molecular complexity index is 540. The lowest BCUT2D eigenvalue weighted by Crippen LogP contribution is -2.06. The number of halogens is 1. The van der Waals surface area contributed by atoms with Gasteiger partial charge in [0.2, 0.25) is 0 Å². The average Bonchev–Trinajstić information content (AvgIpc) is 2.39. The van der Waals surface area contributed by atoms with Crippen molar-refractivity contribution >= 4 is 5.82 Å². The molecule has 1 aromatic carbocycles. The van der Waals surface area contributed by atoms with Crippen molar-refractivity contribution < 1.29 is 4.39 Å². The maximum atomic E-state index is 13.7.